The van der Waals surface area contributed by atoms with Crippen molar-refractivity contribution in [2.45, 2.75) is 32.9 Å². The number of halogens is 1. The van der Waals surface area contributed by atoms with Gasteiger partial charge in [-0.25, -0.2) is 4.39 Å². The van der Waals surface area contributed by atoms with Crippen LogP contribution >= 0.6 is 0 Å². The van der Waals surface area contributed by atoms with E-state index in [9.17, 15) is 4.39 Å². The van der Waals surface area contributed by atoms with Gasteiger partial charge in [0.25, 0.3) is 0 Å². The van der Waals surface area contributed by atoms with E-state index in [0.717, 1.165) is 12.1 Å². The lowest BCUT2D eigenvalue weighted by atomic mass is 10.1. The van der Waals surface area contributed by atoms with Gasteiger partial charge in [0.2, 0.25) is 0 Å². The summed E-state index contributed by atoms with van der Waals surface area (Å²) in [6.45, 7) is 7.31. The molecule has 102 valence electrons. The first-order valence-electron chi connectivity index (χ1n) is 6.26. The van der Waals surface area contributed by atoms with Crippen LogP contribution in [-0.4, -0.2) is 26.4 Å². The quantitative estimate of drug-likeness (QED) is 0.812. The normalized spacial score (nSPS) is 12.8. The average molecular weight is 255 g/mol. The van der Waals surface area contributed by atoms with Crippen LogP contribution in [0.5, 0.6) is 5.75 Å². The monoisotopic (exact) mass is 255 g/mol. The van der Waals surface area contributed by atoms with E-state index >= 15 is 0 Å². The lowest BCUT2D eigenvalue weighted by molar-refractivity contribution is 0.0613. The van der Waals surface area contributed by atoms with Crippen LogP contribution in [0.4, 0.5) is 4.39 Å². The third-order valence-electron chi connectivity index (χ3n) is 2.62. The Labute approximate surface area is 108 Å². The van der Waals surface area contributed by atoms with Crippen LogP contribution in [0.1, 0.15) is 32.4 Å². The fourth-order valence-corrected chi connectivity index (χ4v) is 1.71. The van der Waals surface area contributed by atoms with Crippen molar-refractivity contribution in [2.75, 3.05) is 20.3 Å². The fourth-order valence-electron chi connectivity index (χ4n) is 1.71. The number of benzene rings is 1. The molecule has 1 N–H and O–H groups in total. The van der Waals surface area contributed by atoms with Gasteiger partial charge in [-0.2, -0.15) is 0 Å². The Balaban J connectivity index is 2.81. The Morgan fingerprint density at radius 2 is 2.06 bits per heavy atom. The lowest BCUT2D eigenvalue weighted by Gasteiger charge is -2.20. The zero-order valence-electron chi connectivity index (χ0n) is 11.5. The summed E-state index contributed by atoms with van der Waals surface area (Å²) < 4.78 is 24.2. The largest absolute Gasteiger partial charge is 0.494 e. The molecule has 18 heavy (non-hydrogen) atoms. The Morgan fingerprint density at radius 3 is 2.56 bits per heavy atom. The van der Waals surface area contributed by atoms with E-state index in [1.807, 2.05) is 26.8 Å². The molecule has 1 rings (SSSR count). The summed E-state index contributed by atoms with van der Waals surface area (Å²) in [5.41, 5.74) is 0.871. The molecule has 0 heterocycles. The number of rotatable bonds is 7. The summed E-state index contributed by atoms with van der Waals surface area (Å²) in [4.78, 5) is 0. The van der Waals surface area contributed by atoms with Crippen LogP contribution in [0.15, 0.2) is 18.2 Å². The second kappa shape index (κ2) is 7.34. The van der Waals surface area contributed by atoms with Crippen LogP contribution in [0.25, 0.3) is 0 Å². The molecule has 0 amide bonds. The fraction of sp³-hybridized carbons (Fsp3) is 0.571. The Hall–Kier alpha value is -1.13. The van der Waals surface area contributed by atoms with E-state index in [-0.39, 0.29) is 23.7 Å². The van der Waals surface area contributed by atoms with Gasteiger partial charge in [-0.1, -0.05) is 13.0 Å². The molecule has 1 atom stereocenters. The first-order valence-corrected chi connectivity index (χ1v) is 6.26. The van der Waals surface area contributed by atoms with Gasteiger partial charge in [0.1, 0.15) is 0 Å². The first-order chi connectivity index (χ1) is 8.58. The maximum absolute atomic E-state index is 13.7. The van der Waals surface area contributed by atoms with E-state index in [2.05, 4.69) is 5.32 Å². The number of hydrogen-bond acceptors (Lipinski definition) is 3. The predicted molar refractivity (Wildman–Crippen MR) is 70.5 cm³/mol. The summed E-state index contributed by atoms with van der Waals surface area (Å²) >= 11 is 0. The van der Waals surface area contributed by atoms with Crippen molar-refractivity contribution < 1.29 is 13.9 Å². The van der Waals surface area contributed by atoms with Crippen LogP contribution in [0.3, 0.4) is 0 Å². The molecule has 0 saturated carbocycles. The van der Waals surface area contributed by atoms with E-state index < -0.39 is 0 Å². The molecule has 4 heteroatoms. The second-order valence-electron chi connectivity index (χ2n) is 4.39. The zero-order valence-corrected chi connectivity index (χ0v) is 11.5. The number of nitrogens with one attached hydrogen (secondary N) is 1. The maximum atomic E-state index is 13.7. The molecule has 0 aliphatic carbocycles. The van der Waals surface area contributed by atoms with E-state index in [1.165, 1.54) is 13.2 Å². The van der Waals surface area contributed by atoms with Crippen molar-refractivity contribution in [1.29, 1.82) is 0 Å². The minimum absolute atomic E-state index is 0.00203. The Bertz CT molecular complexity index is 369. The van der Waals surface area contributed by atoms with Gasteiger partial charge in [0.15, 0.2) is 11.6 Å². The number of ether oxygens (including phenoxy) is 2. The molecule has 0 radical (unpaired) electrons. The summed E-state index contributed by atoms with van der Waals surface area (Å²) in [6, 6.07) is 5.00. The summed E-state index contributed by atoms with van der Waals surface area (Å²) in [6.07, 6.45) is 0.161. The molecule has 0 spiro atoms. The van der Waals surface area contributed by atoms with Crippen LogP contribution in [-0.2, 0) is 4.74 Å². The van der Waals surface area contributed by atoms with Crippen LogP contribution in [0, 0.1) is 5.82 Å². The van der Waals surface area contributed by atoms with E-state index in [4.69, 9.17) is 9.47 Å². The molecule has 3 nitrogen and oxygen atoms in total. The Morgan fingerprint density at radius 1 is 1.33 bits per heavy atom. The minimum Gasteiger partial charge on any atom is -0.494 e. The van der Waals surface area contributed by atoms with Gasteiger partial charge in [0.05, 0.1) is 25.9 Å². The third kappa shape index (κ3) is 4.27. The average Bonchev–Trinajstić information content (AvgIpc) is 2.34. The number of likely N-dealkylation sites (N-methyl/N-ethyl adjacent to an activating group) is 1. The molecule has 1 unspecified atom stereocenters. The SMILES string of the molecule is CCNC(COC(C)C)c1ccc(OC)c(F)c1. The van der Waals surface area contributed by atoms with Gasteiger partial charge in [0, 0.05) is 0 Å². The molecule has 0 saturated heterocycles. The molecule has 0 aromatic heterocycles. The van der Waals surface area contributed by atoms with Crippen molar-refractivity contribution in [1.82, 2.24) is 5.32 Å². The van der Waals surface area contributed by atoms with Gasteiger partial charge >= 0.3 is 0 Å². The molecule has 1 aromatic rings. The van der Waals surface area contributed by atoms with Gasteiger partial charge in [-0.3, -0.25) is 0 Å². The summed E-state index contributed by atoms with van der Waals surface area (Å²) in [5, 5.41) is 3.29. The lowest BCUT2D eigenvalue weighted by Crippen LogP contribution is -2.26. The molecule has 0 aliphatic heterocycles. The number of methoxy groups -OCH3 is 1. The van der Waals surface area contributed by atoms with Crippen LogP contribution in [0.2, 0.25) is 0 Å². The molecule has 1 aromatic carbocycles. The highest BCUT2D eigenvalue weighted by molar-refractivity contribution is 5.31. The van der Waals surface area contributed by atoms with Crippen molar-refractivity contribution in [3.63, 3.8) is 0 Å². The molecule has 0 aliphatic rings. The standard InChI is InChI=1S/C14H22FNO2/c1-5-16-13(9-18-10(2)3)11-6-7-14(17-4)12(15)8-11/h6-8,10,13,16H,5,9H2,1-4H3. The van der Waals surface area contributed by atoms with E-state index in [0.29, 0.717) is 6.61 Å². The molecule has 0 fully saturated rings. The topological polar surface area (TPSA) is 30.5 Å². The van der Waals surface area contributed by atoms with Crippen molar-refractivity contribution in [3.05, 3.63) is 29.6 Å². The van der Waals surface area contributed by atoms with Crippen molar-refractivity contribution in [2.24, 2.45) is 0 Å². The third-order valence-corrected chi connectivity index (χ3v) is 2.62. The summed E-state index contributed by atoms with van der Waals surface area (Å²) in [5.74, 6) is -0.0822. The van der Waals surface area contributed by atoms with Crippen LogP contribution < -0.4 is 10.1 Å². The highest BCUT2D eigenvalue weighted by atomic mass is 19.1. The van der Waals surface area contributed by atoms with E-state index in [1.54, 1.807) is 6.07 Å². The highest BCUT2D eigenvalue weighted by Crippen LogP contribution is 2.22. The van der Waals surface area contributed by atoms with Crippen molar-refractivity contribution >= 4 is 0 Å². The maximum Gasteiger partial charge on any atom is 0.165 e. The smallest absolute Gasteiger partial charge is 0.165 e. The molecular formula is C14H22FNO2. The predicted octanol–water partition coefficient (Wildman–Crippen LogP) is 2.91. The van der Waals surface area contributed by atoms with Crippen molar-refractivity contribution in [3.8, 4) is 5.75 Å². The first kappa shape index (κ1) is 14.9. The van der Waals surface area contributed by atoms with Gasteiger partial charge in [-0.15, -0.1) is 0 Å². The second-order valence-corrected chi connectivity index (χ2v) is 4.39. The van der Waals surface area contributed by atoms with Gasteiger partial charge < -0.3 is 14.8 Å². The molecule has 0 bridgehead atoms. The molecular weight excluding hydrogens is 233 g/mol. The highest BCUT2D eigenvalue weighted by Gasteiger charge is 2.14. The summed E-state index contributed by atoms with van der Waals surface area (Å²) in [7, 11) is 1.46. The minimum atomic E-state index is -0.345. The zero-order chi connectivity index (χ0) is 13.5. The van der Waals surface area contributed by atoms with Gasteiger partial charge in [-0.05, 0) is 38.1 Å². The Kier molecular flexibility index (Phi) is 6.09. The number of hydrogen-bond donors (Lipinski definition) is 1.